The molecule has 0 spiro atoms. The SMILES string of the molecule is CCOc1ccc(C(=O)C(F)F)cc1Cl. The van der Waals surface area contributed by atoms with Gasteiger partial charge in [-0.1, -0.05) is 11.6 Å². The number of carbonyl (C=O) groups is 1. The zero-order chi connectivity index (χ0) is 11.4. The second-order valence-corrected chi connectivity index (χ2v) is 3.15. The van der Waals surface area contributed by atoms with Crippen LogP contribution in [0.1, 0.15) is 17.3 Å². The van der Waals surface area contributed by atoms with Crippen molar-refractivity contribution in [3.63, 3.8) is 0 Å². The van der Waals surface area contributed by atoms with E-state index < -0.39 is 12.2 Å². The molecule has 1 rings (SSSR count). The molecule has 0 saturated heterocycles. The number of halogens is 3. The molecule has 0 bridgehead atoms. The Hall–Kier alpha value is -1.16. The van der Waals surface area contributed by atoms with Crippen LogP contribution in [0.3, 0.4) is 0 Å². The molecular weight excluding hydrogens is 226 g/mol. The van der Waals surface area contributed by atoms with Crippen LogP contribution in [0.4, 0.5) is 8.78 Å². The van der Waals surface area contributed by atoms with Gasteiger partial charge in [0.05, 0.1) is 11.6 Å². The lowest BCUT2D eigenvalue weighted by Gasteiger charge is -2.06. The molecule has 0 saturated carbocycles. The maximum atomic E-state index is 12.1. The van der Waals surface area contributed by atoms with Crippen molar-refractivity contribution in [3.05, 3.63) is 28.8 Å². The highest BCUT2D eigenvalue weighted by Gasteiger charge is 2.18. The van der Waals surface area contributed by atoms with Gasteiger partial charge in [-0.2, -0.15) is 0 Å². The number of carbonyl (C=O) groups excluding carboxylic acids is 1. The predicted molar refractivity (Wildman–Crippen MR) is 53.0 cm³/mol. The number of benzene rings is 1. The molecule has 0 unspecified atom stereocenters. The summed E-state index contributed by atoms with van der Waals surface area (Å²) >= 11 is 5.73. The van der Waals surface area contributed by atoms with Crippen LogP contribution >= 0.6 is 11.6 Å². The first kappa shape index (κ1) is 11.9. The number of hydrogen-bond donors (Lipinski definition) is 0. The minimum Gasteiger partial charge on any atom is -0.492 e. The van der Waals surface area contributed by atoms with Gasteiger partial charge in [-0.05, 0) is 25.1 Å². The second kappa shape index (κ2) is 5.07. The van der Waals surface area contributed by atoms with Crippen molar-refractivity contribution in [1.29, 1.82) is 0 Å². The Labute approximate surface area is 90.8 Å². The molecule has 0 aromatic heterocycles. The van der Waals surface area contributed by atoms with Crippen molar-refractivity contribution >= 4 is 17.4 Å². The molecule has 1 aromatic rings. The molecule has 0 radical (unpaired) electrons. The third-order valence-corrected chi connectivity index (χ3v) is 2.01. The lowest BCUT2D eigenvalue weighted by atomic mass is 10.1. The Morgan fingerprint density at radius 2 is 2.20 bits per heavy atom. The van der Waals surface area contributed by atoms with Gasteiger partial charge in [0.1, 0.15) is 5.75 Å². The average Bonchev–Trinajstić information content (AvgIpc) is 2.20. The van der Waals surface area contributed by atoms with Gasteiger partial charge >= 0.3 is 6.43 Å². The van der Waals surface area contributed by atoms with Crippen LogP contribution in [0.25, 0.3) is 0 Å². The molecule has 82 valence electrons. The third-order valence-electron chi connectivity index (χ3n) is 1.71. The van der Waals surface area contributed by atoms with E-state index in [2.05, 4.69) is 0 Å². The molecule has 1 aromatic carbocycles. The fourth-order valence-electron chi connectivity index (χ4n) is 1.05. The Balaban J connectivity index is 2.96. The molecule has 0 N–H and O–H groups in total. The monoisotopic (exact) mass is 234 g/mol. The minimum atomic E-state index is -3.01. The van der Waals surface area contributed by atoms with Crippen molar-refractivity contribution in [2.45, 2.75) is 13.3 Å². The van der Waals surface area contributed by atoms with E-state index in [0.29, 0.717) is 12.4 Å². The zero-order valence-electron chi connectivity index (χ0n) is 7.97. The molecule has 0 amide bonds. The Morgan fingerprint density at radius 3 is 2.67 bits per heavy atom. The summed E-state index contributed by atoms with van der Waals surface area (Å²) in [6.07, 6.45) is -3.01. The highest BCUT2D eigenvalue weighted by Crippen LogP contribution is 2.26. The van der Waals surface area contributed by atoms with E-state index >= 15 is 0 Å². The normalized spacial score (nSPS) is 10.5. The van der Waals surface area contributed by atoms with Gasteiger partial charge < -0.3 is 4.74 Å². The lowest BCUT2D eigenvalue weighted by molar-refractivity contribution is 0.0678. The highest BCUT2D eigenvalue weighted by atomic mass is 35.5. The van der Waals surface area contributed by atoms with Gasteiger partial charge in [0.2, 0.25) is 5.78 Å². The first-order chi connectivity index (χ1) is 7.06. The van der Waals surface area contributed by atoms with E-state index in [9.17, 15) is 13.6 Å². The van der Waals surface area contributed by atoms with Gasteiger partial charge in [0, 0.05) is 5.56 Å². The van der Waals surface area contributed by atoms with Gasteiger partial charge in [0.25, 0.3) is 0 Å². The van der Waals surface area contributed by atoms with Crippen molar-refractivity contribution in [2.75, 3.05) is 6.61 Å². The Bertz CT molecular complexity index is 366. The first-order valence-corrected chi connectivity index (χ1v) is 4.68. The van der Waals surface area contributed by atoms with E-state index in [-0.39, 0.29) is 10.6 Å². The van der Waals surface area contributed by atoms with Crippen molar-refractivity contribution in [2.24, 2.45) is 0 Å². The summed E-state index contributed by atoms with van der Waals surface area (Å²) in [5, 5.41) is 0.156. The number of hydrogen-bond acceptors (Lipinski definition) is 2. The van der Waals surface area contributed by atoms with Crippen molar-refractivity contribution in [1.82, 2.24) is 0 Å². The van der Waals surface area contributed by atoms with E-state index in [4.69, 9.17) is 16.3 Å². The topological polar surface area (TPSA) is 26.3 Å². The van der Waals surface area contributed by atoms with Gasteiger partial charge in [-0.25, -0.2) is 8.78 Å². The van der Waals surface area contributed by atoms with Crippen LogP contribution in [0.15, 0.2) is 18.2 Å². The van der Waals surface area contributed by atoms with Crippen molar-refractivity contribution in [3.8, 4) is 5.75 Å². The summed E-state index contributed by atoms with van der Waals surface area (Å²) in [4.78, 5) is 10.9. The fourth-order valence-corrected chi connectivity index (χ4v) is 1.29. The van der Waals surface area contributed by atoms with E-state index in [1.54, 1.807) is 6.92 Å². The molecule has 5 heteroatoms. The van der Waals surface area contributed by atoms with Gasteiger partial charge in [-0.15, -0.1) is 0 Å². The standard InChI is InChI=1S/C10H9ClF2O2/c1-2-15-8-4-3-6(5-7(8)11)9(14)10(12)13/h3-5,10H,2H2,1H3. The molecular formula is C10H9ClF2O2. The first-order valence-electron chi connectivity index (χ1n) is 4.31. The van der Waals surface area contributed by atoms with Gasteiger partial charge in [-0.3, -0.25) is 4.79 Å². The number of rotatable bonds is 4. The summed E-state index contributed by atoms with van der Waals surface area (Å²) < 4.78 is 29.2. The van der Waals surface area contributed by atoms with Gasteiger partial charge in [0.15, 0.2) is 0 Å². The summed E-state index contributed by atoms with van der Waals surface area (Å²) in [6, 6.07) is 3.86. The largest absolute Gasteiger partial charge is 0.492 e. The molecule has 0 aliphatic rings. The Kier molecular flexibility index (Phi) is 4.03. The summed E-state index contributed by atoms with van der Waals surface area (Å²) in [6.45, 7) is 2.19. The third kappa shape index (κ3) is 2.89. The zero-order valence-corrected chi connectivity index (χ0v) is 8.72. The summed E-state index contributed by atoms with van der Waals surface area (Å²) in [5.74, 6) is -0.857. The molecule has 0 heterocycles. The second-order valence-electron chi connectivity index (χ2n) is 2.74. The minimum absolute atomic E-state index is 0.113. The summed E-state index contributed by atoms with van der Waals surface area (Å²) in [7, 11) is 0. The molecule has 0 fully saturated rings. The van der Waals surface area contributed by atoms with Crippen LogP contribution in [0.2, 0.25) is 5.02 Å². The van der Waals surface area contributed by atoms with Crippen LogP contribution in [-0.2, 0) is 0 Å². The van der Waals surface area contributed by atoms with Crippen LogP contribution in [-0.4, -0.2) is 18.8 Å². The van der Waals surface area contributed by atoms with E-state index in [1.807, 2.05) is 0 Å². The highest BCUT2D eigenvalue weighted by molar-refractivity contribution is 6.32. The smallest absolute Gasteiger partial charge is 0.300 e. The van der Waals surface area contributed by atoms with Crippen molar-refractivity contribution < 1.29 is 18.3 Å². The molecule has 2 nitrogen and oxygen atoms in total. The van der Waals surface area contributed by atoms with E-state index in [1.165, 1.54) is 18.2 Å². The number of Topliss-reactive ketones (excluding diaryl/α,β-unsaturated/α-hetero) is 1. The number of alkyl halides is 2. The van der Waals surface area contributed by atoms with E-state index in [0.717, 1.165) is 0 Å². The fraction of sp³-hybridized carbons (Fsp3) is 0.300. The molecule has 0 aliphatic carbocycles. The predicted octanol–water partition coefficient (Wildman–Crippen LogP) is 3.19. The molecule has 0 aliphatic heterocycles. The maximum Gasteiger partial charge on any atom is 0.300 e. The van der Waals surface area contributed by atoms with Crippen LogP contribution in [0, 0.1) is 0 Å². The van der Waals surface area contributed by atoms with Crippen LogP contribution in [0.5, 0.6) is 5.75 Å². The quantitative estimate of drug-likeness (QED) is 0.748. The number of ether oxygens (including phenoxy) is 1. The average molecular weight is 235 g/mol. The van der Waals surface area contributed by atoms with Crippen LogP contribution < -0.4 is 4.74 Å². The maximum absolute atomic E-state index is 12.1. The molecule has 15 heavy (non-hydrogen) atoms. The number of ketones is 1. The molecule has 0 atom stereocenters. The Morgan fingerprint density at radius 1 is 1.53 bits per heavy atom. The lowest BCUT2D eigenvalue weighted by Crippen LogP contribution is -2.10. The summed E-state index contributed by atoms with van der Waals surface area (Å²) in [5.41, 5.74) is -0.113.